The summed E-state index contributed by atoms with van der Waals surface area (Å²) in [6, 6.07) is 9.18. The summed E-state index contributed by atoms with van der Waals surface area (Å²) in [5, 5.41) is 0.381. The first kappa shape index (κ1) is 16.3. The number of benzene rings is 2. The zero-order chi connectivity index (χ0) is 16.8. The zero-order valence-electron chi connectivity index (χ0n) is 11.7. The highest BCUT2D eigenvalue weighted by molar-refractivity contribution is 7.92. The molecular weight excluding hydrogens is 379 g/mol. The Kier molecular flexibility index (Phi) is 4.14. The summed E-state index contributed by atoms with van der Waals surface area (Å²) in [6.07, 6.45) is 0. The molecule has 0 bridgehead atoms. The highest BCUT2D eigenvalue weighted by Crippen LogP contribution is 2.31. The normalized spacial score (nSPS) is 11.8. The van der Waals surface area contributed by atoms with Crippen molar-refractivity contribution >= 4 is 60.5 Å². The number of thiazole rings is 1. The van der Waals surface area contributed by atoms with Crippen molar-refractivity contribution in [1.82, 2.24) is 4.57 Å². The van der Waals surface area contributed by atoms with Crippen molar-refractivity contribution in [2.24, 2.45) is 7.05 Å². The molecule has 0 saturated heterocycles. The molecule has 2 aromatic carbocycles. The molecule has 120 valence electrons. The minimum atomic E-state index is -3.85. The zero-order valence-corrected chi connectivity index (χ0v) is 14.9. The summed E-state index contributed by atoms with van der Waals surface area (Å²) < 4.78 is 29.5. The Morgan fingerprint density at radius 3 is 2.65 bits per heavy atom. The molecule has 23 heavy (non-hydrogen) atoms. The Morgan fingerprint density at radius 1 is 1.17 bits per heavy atom. The van der Waals surface area contributed by atoms with E-state index in [0.717, 1.165) is 11.3 Å². The van der Waals surface area contributed by atoms with Crippen LogP contribution in [0.5, 0.6) is 0 Å². The average Bonchev–Trinajstić information content (AvgIpc) is 2.78. The molecule has 0 fully saturated rings. The molecule has 0 aliphatic rings. The number of aryl methyl sites for hydroxylation is 1. The lowest BCUT2D eigenvalue weighted by atomic mass is 10.3. The van der Waals surface area contributed by atoms with Crippen LogP contribution in [-0.2, 0) is 17.1 Å². The molecule has 0 saturated carbocycles. The smallest absolute Gasteiger partial charge is 0.302 e. The van der Waals surface area contributed by atoms with E-state index in [2.05, 4.69) is 4.72 Å². The van der Waals surface area contributed by atoms with Gasteiger partial charge in [0.05, 0.1) is 30.8 Å². The topological polar surface area (TPSA) is 68.2 Å². The van der Waals surface area contributed by atoms with Gasteiger partial charge in [-0.1, -0.05) is 40.6 Å². The third-order valence-corrected chi connectivity index (χ3v) is 6.45. The number of fused-ring (bicyclic) bond motifs is 1. The number of hydrogen-bond acceptors (Lipinski definition) is 4. The van der Waals surface area contributed by atoms with Crippen LogP contribution in [0.4, 0.5) is 5.69 Å². The molecule has 0 radical (unpaired) electrons. The van der Waals surface area contributed by atoms with Gasteiger partial charge in [0, 0.05) is 7.05 Å². The fourth-order valence-corrected chi connectivity index (χ4v) is 4.56. The van der Waals surface area contributed by atoms with Gasteiger partial charge in [-0.3, -0.25) is 9.52 Å². The van der Waals surface area contributed by atoms with Gasteiger partial charge >= 0.3 is 4.87 Å². The van der Waals surface area contributed by atoms with Crippen molar-refractivity contribution in [2.75, 3.05) is 4.72 Å². The third kappa shape index (κ3) is 2.97. The maximum absolute atomic E-state index is 12.5. The monoisotopic (exact) mass is 388 g/mol. The number of hydrogen-bond donors (Lipinski definition) is 1. The van der Waals surface area contributed by atoms with Crippen LogP contribution >= 0.6 is 34.5 Å². The minimum absolute atomic E-state index is 0.0443. The number of sulfonamides is 1. The molecule has 1 aromatic heterocycles. The van der Waals surface area contributed by atoms with E-state index in [1.165, 1.54) is 22.8 Å². The number of nitrogens with zero attached hydrogens (tertiary/aromatic N) is 1. The fourth-order valence-electron chi connectivity index (χ4n) is 2.07. The van der Waals surface area contributed by atoms with E-state index in [-0.39, 0.29) is 25.5 Å². The maximum Gasteiger partial charge on any atom is 0.307 e. The van der Waals surface area contributed by atoms with Gasteiger partial charge in [-0.25, -0.2) is 8.42 Å². The quantitative estimate of drug-likeness (QED) is 0.743. The summed E-state index contributed by atoms with van der Waals surface area (Å²) >= 11 is 12.9. The van der Waals surface area contributed by atoms with Crippen LogP contribution in [0.2, 0.25) is 10.0 Å². The van der Waals surface area contributed by atoms with Crippen LogP contribution < -0.4 is 9.60 Å². The van der Waals surface area contributed by atoms with E-state index in [0.29, 0.717) is 10.2 Å². The largest absolute Gasteiger partial charge is 0.307 e. The Hall–Kier alpha value is -1.54. The van der Waals surface area contributed by atoms with Gasteiger partial charge in [-0.15, -0.1) is 0 Å². The molecular formula is C14H10Cl2N2O3S2. The van der Waals surface area contributed by atoms with Gasteiger partial charge in [0.2, 0.25) is 0 Å². The Labute approximate surface area is 146 Å². The highest BCUT2D eigenvalue weighted by Gasteiger charge is 2.18. The maximum atomic E-state index is 12.5. The van der Waals surface area contributed by atoms with E-state index in [1.807, 2.05) is 0 Å². The summed E-state index contributed by atoms with van der Waals surface area (Å²) in [5.41, 5.74) is 0.875. The van der Waals surface area contributed by atoms with Gasteiger partial charge in [0.1, 0.15) is 0 Å². The van der Waals surface area contributed by atoms with Crippen LogP contribution in [0.15, 0.2) is 46.1 Å². The van der Waals surface area contributed by atoms with Crippen molar-refractivity contribution in [3.05, 3.63) is 56.1 Å². The summed E-state index contributed by atoms with van der Waals surface area (Å²) in [5.74, 6) is 0. The SMILES string of the molecule is Cn1c(=O)sc2cc(S(=O)(=O)Nc3cccc(Cl)c3Cl)ccc21. The first-order valence-corrected chi connectivity index (χ1v) is 9.41. The molecule has 0 aliphatic heterocycles. The predicted molar refractivity (Wildman–Crippen MR) is 94.3 cm³/mol. The fraction of sp³-hybridized carbons (Fsp3) is 0.0714. The number of halogens is 2. The number of aromatic nitrogens is 1. The van der Waals surface area contributed by atoms with Gasteiger partial charge < -0.3 is 4.57 Å². The molecule has 1 heterocycles. The van der Waals surface area contributed by atoms with Crippen LogP contribution in [0, 0.1) is 0 Å². The van der Waals surface area contributed by atoms with Crippen LogP contribution in [0.1, 0.15) is 0 Å². The molecule has 3 rings (SSSR count). The van der Waals surface area contributed by atoms with Crippen molar-refractivity contribution < 1.29 is 8.42 Å². The van der Waals surface area contributed by atoms with E-state index in [9.17, 15) is 13.2 Å². The Bertz CT molecular complexity index is 1070. The van der Waals surface area contributed by atoms with Gasteiger partial charge in [0.15, 0.2) is 0 Å². The van der Waals surface area contributed by atoms with Crippen LogP contribution in [0.25, 0.3) is 10.2 Å². The third-order valence-electron chi connectivity index (χ3n) is 3.27. The molecule has 1 N–H and O–H groups in total. The molecule has 0 unspecified atom stereocenters. The van der Waals surface area contributed by atoms with Crippen LogP contribution in [-0.4, -0.2) is 13.0 Å². The second-order valence-corrected chi connectivity index (χ2v) is 8.22. The average molecular weight is 389 g/mol. The van der Waals surface area contributed by atoms with E-state index >= 15 is 0 Å². The molecule has 5 nitrogen and oxygen atoms in total. The second-order valence-electron chi connectivity index (χ2n) is 4.76. The first-order chi connectivity index (χ1) is 10.8. The first-order valence-electron chi connectivity index (χ1n) is 6.36. The van der Waals surface area contributed by atoms with Crippen molar-refractivity contribution in [3.63, 3.8) is 0 Å². The molecule has 0 atom stereocenters. The van der Waals surface area contributed by atoms with Crippen molar-refractivity contribution in [2.45, 2.75) is 4.90 Å². The second kappa shape index (κ2) is 5.83. The predicted octanol–water partition coefficient (Wildman–Crippen LogP) is 3.71. The minimum Gasteiger partial charge on any atom is -0.302 e. The molecule has 0 aliphatic carbocycles. The van der Waals surface area contributed by atoms with Gasteiger partial charge in [-0.05, 0) is 30.3 Å². The number of anilines is 1. The van der Waals surface area contributed by atoms with E-state index in [4.69, 9.17) is 23.2 Å². The molecule has 9 heteroatoms. The molecule has 0 spiro atoms. The van der Waals surface area contributed by atoms with Gasteiger partial charge in [0.25, 0.3) is 10.0 Å². The molecule has 3 aromatic rings. The van der Waals surface area contributed by atoms with E-state index < -0.39 is 10.0 Å². The Balaban J connectivity index is 2.06. The van der Waals surface area contributed by atoms with E-state index in [1.54, 1.807) is 25.2 Å². The highest BCUT2D eigenvalue weighted by atomic mass is 35.5. The summed E-state index contributed by atoms with van der Waals surface area (Å²) in [4.78, 5) is 11.5. The lowest BCUT2D eigenvalue weighted by Gasteiger charge is -2.10. The number of nitrogens with one attached hydrogen (secondary N) is 1. The van der Waals surface area contributed by atoms with Crippen molar-refractivity contribution in [1.29, 1.82) is 0 Å². The standard InChI is InChI=1S/C14H10Cl2N2O3S2/c1-18-11-6-5-8(7-12(11)22-14(18)19)23(20,21)17-10-4-2-3-9(15)13(10)16/h2-7,17H,1H3. The van der Waals surface area contributed by atoms with Gasteiger partial charge in [-0.2, -0.15) is 0 Å². The lowest BCUT2D eigenvalue weighted by Crippen LogP contribution is -2.13. The van der Waals surface area contributed by atoms with Crippen LogP contribution in [0.3, 0.4) is 0 Å². The Morgan fingerprint density at radius 2 is 1.91 bits per heavy atom. The number of rotatable bonds is 3. The van der Waals surface area contributed by atoms with Crippen molar-refractivity contribution in [3.8, 4) is 0 Å². The summed E-state index contributed by atoms with van der Waals surface area (Å²) in [7, 11) is -2.21. The summed E-state index contributed by atoms with van der Waals surface area (Å²) in [6.45, 7) is 0. The molecule has 0 amide bonds. The lowest BCUT2D eigenvalue weighted by molar-refractivity contribution is 0.601.